The average Bonchev–Trinajstić information content (AvgIpc) is 3.36. The quantitative estimate of drug-likeness (QED) is 0.0286. The van der Waals surface area contributed by atoms with E-state index in [2.05, 4.69) is 20.8 Å². The second-order valence-electron chi connectivity index (χ2n) is 16.1. The smallest absolute Gasteiger partial charge is 0.332 e. The number of halogens is 1. The van der Waals surface area contributed by atoms with Crippen LogP contribution in [0.5, 0.6) is 0 Å². The van der Waals surface area contributed by atoms with E-state index in [0.717, 1.165) is 42.7 Å². The molecule has 2 heterocycles. The molecule has 1 saturated heterocycles. The molecule has 4 aromatic rings. The third-order valence-electron chi connectivity index (χ3n) is 11.0. The Hall–Kier alpha value is -6.08. The first-order valence-corrected chi connectivity index (χ1v) is 26.0. The number of rotatable bonds is 24. The van der Waals surface area contributed by atoms with Gasteiger partial charge in [-0.1, -0.05) is 85.4 Å². The Labute approximate surface area is 410 Å². The van der Waals surface area contributed by atoms with Gasteiger partial charge in [0, 0.05) is 106 Å². The molecule has 1 aromatic heterocycles. The van der Waals surface area contributed by atoms with Gasteiger partial charge in [0.1, 0.15) is 12.1 Å². The zero-order chi connectivity index (χ0) is 50.1. The van der Waals surface area contributed by atoms with Crippen LogP contribution in [0.3, 0.4) is 0 Å². The molecule has 0 saturated carbocycles. The number of hydrogen-bond acceptors (Lipinski definition) is 12. The molecule has 0 bridgehead atoms. The fraction of sp³-hybridized carbons (Fsp3) is 0.460. The van der Waals surface area contributed by atoms with Crippen molar-refractivity contribution in [2.24, 2.45) is 0 Å². The largest absolute Gasteiger partial charge is 0.355 e. The van der Waals surface area contributed by atoms with Crippen molar-refractivity contribution < 1.29 is 42.8 Å². The van der Waals surface area contributed by atoms with Crippen LogP contribution in [0.1, 0.15) is 126 Å². The highest BCUT2D eigenvalue weighted by Crippen LogP contribution is 2.22. The molecule has 0 aliphatic carbocycles. The summed E-state index contributed by atoms with van der Waals surface area (Å²) in [6, 6.07) is 16.4. The van der Waals surface area contributed by atoms with Crippen molar-refractivity contribution in [3.8, 4) is 0 Å². The van der Waals surface area contributed by atoms with Crippen LogP contribution < -0.4 is 16.2 Å². The highest BCUT2D eigenvalue weighted by molar-refractivity contribution is 8.76. The topological polar surface area (TPSA) is 208 Å². The van der Waals surface area contributed by atoms with E-state index in [1.807, 2.05) is 26.8 Å². The molecule has 16 nitrogen and oxygen atoms in total. The van der Waals surface area contributed by atoms with Gasteiger partial charge in [-0.2, -0.15) is 10.2 Å². The van der Waals surface area contributed by atoms with Crippen LogP contribution in [0, 0.1) is 12.7 Å². The van der Waals surface area contributed by atoms with E-state index in [1.54, 1.807) is 69.0 Å². The lowest BCUT2D eigenvalue weighted by atomic mass is 10.0. The number of carbonyl (C=O) groups is 7. The predicted molar refractivity (Wildman–Crippen MR) is 267 cm³/mol. The average molecular weight is 990 g/mol. The van der Waals surface area contributed by atoms with Gasteiger partial charge >= 0.3 is 5.97 Å². The lowest BCUT2D eigenvalue weighted by Gasteiger charge is -2.35. The highest BCUT2D eigenvalue weighted by Gasteiger charge is 2.28. The van der Waals surface area contributed by atoms with Crippen molar-refractivity contribution >= 4 is 74.2 Å². The molecular formula is C50H64FN7O9S2. The van der Waals surface area contributed by atoms with Crippen molar-refractivity contribution in [3.63, 3.8) is 0 Å². The minimum Gasteiger partial charge on any atom is -0.355 e. The molecule has 5 rings (SSSR count). The number of aldehydes is 1. The molecule has 3 aromatic carbocycles. The molecule has 0 spiro atoms. The molecular weight excluding hydrogens is 926 g/mol. The Morgan fingerprint density at radius 1 is 0.783 bits per heavy atom. The highest BCUT2D eigenvalue weighted by atomic mass is 33.1. The summed E-state index contributed by atoms with van der Waals surface area (Å²) in [6.45, 7) is 7.62. The Morgan fingerprint density at radius 2 is 1.39 bits per heavy atom. The van der Waals surface area contributed by atoms with Gasteiger partial charge in [-0.25, -0.2) is 14.3 Å². The number of amides is 5. The lowest BCUT2D eigenvalue weighted by Crippen LogP contribution is -2.50. The molecule has 3 N–H and O–H groups in total. The third kappa shape index (κ3) is 18.1. The minimum absolute atomic E-state index is 0.00204. The van der Waals surface area contributed by atoms with Gasteiger partial charge in [0.25, 0.3) is 29.2 Å². The van der Waals surface area contributed by atoms with Crippen LogP contribution in [0.4, 0.5) is 4.39 Å². The van der Waals surface area contributed by atoms with Gasteiger partial charge in [-0.3, -0.25) is 28.8 Å². The number of nitrogens with zero attached hydrogens (tertiary/aromatic N) is 4. The van der Waals surface area contributed by atoms with E-state index in [0.29, 0.717) is 76.9 Å². The second kappa shape index (κ2) is 29.7. The third-order valence-corrected chi connectivity index (χ3v) is 13.4. The van der Waals surface area contributed by atoms with Crippen molar-refractivity contribution in [3.05, 3.63) is 110 Å². The number of fused-ring (bicyclic) bond motifs is 1. The first-order valence-electron chi connectivity index (χ1n) is 23.5. The van der Waals surface area contributed by atoms with Crippen molar-refractivity contribution in [1.82, 2.24) is 35.7 Å². The monoisotopic (exact) mass is 989 g/mol. The number of benzene rings is 3. The van der Waals surface area contributed by atoms with Crippen LogP contribution in [-0.4, -0.2) is 125 Å². The van der Waals surface area contributed by atoms with Gasteiger partial charge in [0.05, 0.1) is 16.6 Å². The van der Waals surface area contributed by atoms with Crippen LogP contribution in [0.15, 0.2) is 65.5 Å². The van der Waals surface area contributed by atoms with Crippen LogP contribution >= 0.6 is 21.6 Å². The maximum absolute atomic E-state index is 15.1. The van der Waals surface area contributed by atoms with Gasteiger partial charge < -0.3 is 30.1 Å². The Bertz CT molecular complexity index is 2450. The standard InChI is InChI=1S/C48H58FN7O9S2.C2H6/c1-33-28-35(45(61)51-20-27-67-66-26-19-50-42(58)14-7-5-3-4-6-8-16-44(60)65-54(2)43(59)15-11-25-57)32-36(29-33)47(63)55-21-23-56(24-22-55)48(64)39-30-34(17-18-40(39)49)31-41-37-12-9-10-13-38(37)46(62)53-52-41;1-2/h9-10,12-13,17-18,25,28-30,32H,3-8,11,14-16,19-24,26-27,31H2,1-2H3,(H,50,58)(H,51,61)(H,53,62);1-2H3. The molecule has 0 radical (unpaired) electrons. The molecule has 0 atom stereocenters. The number of hydroxylamine groups is 2. The zero-order valence-electron chi connectivity index (χ0n) is 39.9. The summed E-state index contributed by atoms with van der Waals surface area (Å²) in [5, 5.41) is 14.6. The maximum atomic E-state index is 15.1. The van der Waals surface area contributed by atoms with E-state index in [9.17, 15) is 38.4 Å². The van der Waals surface area contributed by atoms with E-state index in [4.69, 9.17) is 4.84 Å². The lowest BCUT2D eigenvalue weighted by molar-refractivity contribution is -0.192. The van der Waals surface area contributed by atoms with Gasteiger partial charge in [0.15, 0.2) is 0 Å². The zero-order valence-corrected chi connectivity index (χ0v) is 41.6. The normalized spacial score (nSPS) is 12.1. The molecule has 5 amide bonds. The number of carbonyl (C=O) groups excluding carboxylic acids is 7. The Balaban J connectivity index is 0.00000511. The number of aromatic nitrogens is 2. The number of unbranched alkanes of at least 4 members (excludes halogenated alkanes) is 5. The number of H-pyrrole nitrogens is 1. The predicted octanol–water partition coefficient (Wildman–Crippen LogP) is 6.83. The van der Waals surface area contributed by atoms with Crippen LogP contribution in [-0.2, 0) is 30.4 Å². The molecule has 1 aliphatic rings. The van der Waals surface area contributed by atoms with Crippen molar-refractivity contribution in [2.45, 2.75) is 91.4 Å². The molecule has 69 heavy (non-hydrogen) atoms. The first-order chi connectivity index (χ1) is 33.3. The molecule has 1 fully saturated rings. The number of aromatic amines is 1. The molecule has 1 aliphatic heterocycles. The Morgan fingerprint density at radius 3 is 2.07 bits per heavy atom. The van der Waals surface area contributed by atoms with Crippen LogP contribution in [0.2, 0.25) is 0 Å². The summed E-state index contributed by atoms with van der Waals surface area (Å²) in [5.41, 5.74) is 2.33. The first kappa shape index (κ1) is 55.5. The summed E-state index contributed by atoms with van der Waals surface area (Å²) >= 11 is 0. The number of hydrogen-bond donors (Lipinski definition) is 3. The molecule has 0 unspecified atom stereocenters. The second-order valence-corrected chi connectivity index (χ2v) is 18.8. The summed E-state index contributed by atoms with van der Waals surface area (Å²) in [4.78, 5) is 107. The number of aryl methyl sites for hydroxylation is 1. The van der Waals surface area contributed by atoms with E-state index < -0.39 is 23.6 Å². The molecule has 19 heteroatoms. The maximum Gasteiger partial charge on any atom is 0.332 e. The summed E-state index contributed by atoms with van der Waals surface area (Å²) < 4.78 is 15.1. The SMILES string of the molecule is CC.Cc1cc(C(=O)NCCSSCCNC(=O)CCCCCCCCC(=O)ON(C)C(=O)CCC=O)cc(C(=O)N2CCN(C(=O)c3cc(Cc4n[nH]c(=O)c5ccccc45)ccc3F)CC2)c1. The van der Waals surface area contributed by atoms with Gasteiger partial charge in [-0.05, 0) is 67.3 Å². The van der Waals surface area contributed by atoms with E-state index in [1.165, 1.54) is 24.1 Å². The summed E-state index contributed by atoms with van der Waals surface area (Å²) in [7, 11) is 4.54. The van der Waals surface area contributed by atoms with E-state index >= 15 is 4.39 Å². The fourth-order valence-electron chi connectivity index (χ4n) is 7.45. The molecule has 372 valence electrons. The summed E-state index contributed by atoms with van der Waals surface area (Å²) in [6.07, 6.45) is 6.70. The number of piperazine rings is 1. The fourth-order valence-corrected chi connectivity index (χ4v) is 9.26. The van der Waals surface area contributed by atoms with E-state index in [-0.39, 0.29) is 80.7 Å². The van der Waals surface area contributed by atoms with Gasteiger partial charge in [-0.15, -0.1) is 0 Å². The van der Waals surface area contributed by atoms with Crippen LogP contribution in [0.25, 0.3) is 10.8 Å². The summed E-state index contributed by atoms with van der Waals surface area (Å²) in [5.74, 6) is -1.26. The van der Waals surface area contributed by atoms with Gasteiger partial charge in [0.2, 0.25) is 5.91 Å². The number of nitrogens with one attached hydrogen (secondary N) is 3. The Kier molecular flexibility index (Phi) is 23.9. The van der Waals surface area contributed by atoms with Crippen molar-refractivity contribution in [1.29, 1.82) is 0 Å². The van der Waals surface area contributed by atoms with Crippen molar-refractivity contribution in [2.75, 3.05) is 57.8 Å². The minimum atomic E-state index is -0.656.